The van der Waals surface area contributed by atoms with E-state index in [1.165, 1.54) is 0 Å². The molecule has 2 aromatic carbocycles. The van der Waals surface area contributed by atoms with Gasteiger partial charge in [-0.25, -0.2) is 10.4 Å². The van der Waals surface area contributed by atoms with E-state index in [1.54, 1.807) is 17.8 Å². The summed E-state index contributed by atoms with van der Waals surface area (Å²) in [5.74, 6) is 0.816. The van der Waals surface area contributed by atoms with E-state index in [-0.39, 0.29) is 11.7 Å². The minimum Gasteiger partial charge on any atom is -0.341 e. The molecule has 1 amide bonds. The number of nitrogens with zero attached hydrogens (tertiary/aromatic N) is 3. The molecule has 174 valence electrons. The molecule has 3 heterocycles. The highest BCUT2D eigenvalue weighted by atomic mass is 32.1. The van der Waals surface area contributed by atoms with E-state index in [0.29, 0.717) is 42.9 Å². The van der Waals surface area contributed by atoms with Crippen LogP contribution in [0.1, 0.15) is 42.5 Å². The van der Waals surface area contributed by atoms with Crippen molar-refractivity contribution in [2.45, 2.75) is 37.8 Å². The van der Waals surface area contributed by atoms with Gasteiger partial charge in [0, 0.05) is 25.2 Å². The largest absolute Gasteiger partial charge is 0.341 e. The number of amides is 1. The monoisotopic (exact) mass is 473 g/mol. The second-order valence-corrected chi connectivity index (χ2v) is 9.29. The van der Waals surface area contributed by atoms with Crippen LogP contribution in [0.3, 0.4) is 0 Å². The molecule has 0 radical (unpaired) electrons. The van der Waals surface area contributed by atoms with Gasteiger partial charge in [-0.2, -0.15) is 0 Å². The van der Waals surface area contributed by atoms with Gasteiger partial charge < -0.3 is 14.9 Å². The van der Waals surface area contributed by atoms with Crippen molar-refractivity contribution < 1.29 is 9.59 Å². The van der Waals surface area contributed by atoms with Gasteiger partial charge in [-0.1, -0.05) is 72.9 Å². The molecule has 7 nitrogen and oxygen atoms in total. The third-order valence-electron chi connectivity index (χ3n) is 7.12. The topological polar surface area (TPSA) is 79.3 Å². The van der Waals surface area contributed by atoms with E-state index in [1.807, 2.05) is 65.6 Å². The normalized spacial score (nSPS) is 17.5. The third-order valence-corrected chi connectivity index (χ3v) is 7.58. The molecule has 3 aromatic rings. The molecular formula is C26H27N5O2S. The number of nitrogens with one attached hydrogen (secondary N) is 2. The molecule has 2 aliphatic rings. The lowest BCUT2D eigenvalue weighted by Gasteiger charge is -2.41. The Morgan fingerprint density at radius 1 is 1.03 bits per heavy atom. The predicted octanol–water partition coefficient (Wildman–Crippen LogP) is 3.78. The van der Waals surface area contributed by atoms with Gasteiger partial charge in [0.05, 0.1) is 11.7 Å². The van der Waals surface area contributed by atoms with Crippen molar-refractivity contribution in [2.24, 2.45) is 0 Å². The van der Waals surface area contributed by atoms with Crippen molar-refractivity contribution in [1.29, 1.82) is 0 Å². The average Bonchev–Trinajstić information content (AvgIpc) is 3.36. The van der Waals surface area contributed by atoms with Crippen molar-refractivity contribution in [2.75, 3.05) is 18.5 Å². The van der Waals surface area contributed by atoms with Crippen LogP contribution in [0.25, 0.3) is 0 Å². The Hall–Kier alpha value is -3.36. The van der Waals surface area contributed by atoms with Crippen LogP contribution in [0.4, 0.5) is 5.82 Å². The number of fused-ring (bicyclic) bond motifs is 1. The van der Waals surface area contributed by atoms with E-state index < -0.39 is 11.5 Å². The summed E-state index contributed by atoms with van der Waals surface area (Å²) in [7, 11) is 0. The summed E-state index contributed by atoms with van der Waals surface area (Å²) in [6.45, 7) is 3.23. The molecule has 1 atom stereocenters. The van der Waals surface area contributed by atoms with Crippen molar-refractivity contribution >= 4 is 29.7 Å². The van der Waals surface area contributed by atoms with E-state index >= 15 is 0 Å². The first-order valence-electron chi connectivity index (χ1n) is 11.5. The number of piperidine rings is 1. The summed E-state index contributed by atoms with van der Waals surface area (Å²) in [5.41, 5.74) is 8.26. The fraction of sp³-hybridized carbons (Fsp3) is 0.308. The minimum absolute atomic E-state index is 0.0341. The van der Waals surface area contributed by atoms with Gasteiger partial charge in [-0.3, -0.25) is 9.59 Å². The summed E-state index contributed by atoms with van der Waals surface area (Å²) in [6.07, 6.45) is 2.84. The van der Waals surface area contributed by atoms with Crippen LogP contribution in [-0.4, -0.2) is 39.2 Å². The lowest BCUT2D eigenvalue weighted by molar-refractivity contribution is -0.137. The Bertz CT molecular complexity index is 1270. The molecule has 1 fully saturated rings. The second kappa shape index (κ2) is 9.12. The number of aromatic nitrogens is 2. The highest BCUT2D eigenvalue weighted by Crippen LogP contribution is 2.37. The van der Waals surface area contributed by atoms with Gasteiger partial charge in [-0.15, -0.1) is 0 Å². The fourth-order valence-electron chi connectivity index (χ4n) is 5.12. The molecule has 1 aromatic heterocycles. The lowest BCUT2D eigenvalue weighted by Crippen LogP contribution is -2.50. The Kier molecular flexibility index (Phi) is 6.02. The molecule has 0 aliphatic carbocycles. The van der Waals surface area contributed by atoms with E-state index in [2.05, 4.69) is 15.8 Å². The van der Waals surface area contributed by atoms with Crippen molar-refractivity contribution in [3.63, 3.8) is 0 Å². The molecule has 8 heteroatoms. The van der Waals surface area contributed by atoms with Crippen LogP contribution in [-0.2, 0) is 21.5 Å². The maximum absolute atomic E-state index is 14.0. The minimum atomic E-state index is -0.617. The molecule has 34 heavy (non-hydrogen) atoms. The Balaban J connectivity index is 1.47. The zero-order valence-corrected chi connectivity index (χ0v) is 19.8. The number of hydrogen-bond donors (Lipinski definition) is 2. The molecule has 1 saturated heterocycles. The van der Waals surface area contributed by atoms with E-state index in [0.717, 1.165) is 16.7 Å². The Morgan fingerprint density at radius 2 is 1.68 bits per heavy atom. The maximum atomic E-state index is 14.0. The number of hydrogen-bond acceptors (Lipinski definition) is 6. The summed E-state index contributed by atoms with van der Waals surface area (Å²) in [4.78, 5) is 33.1. The first kappa shape index (κ1) is 22.4. The van der Waals surface area contributed by atoms with Gasteiger partial charge in [-0.05, 0) is 30.9 Å². The number of Topliss-reactive ketones (excluding diaryl/α,β-unsaturated/α-hetero) is 1. The molecule has 0 bridgehead atoms. The standard InChI is InChI=1S/C26H27N5O2S/c1-18(32)26(20-10-6-3-7-11-20)12-14-30(15-13-26)24(33)22(19-8-4-2-5-9-19)31-17-27-23-21(25(31)34)16-28-29-23/h2-11,17,22,28-29H,12-16H2,1H3. The van der Waals surface area contributed by atoms with Gasteiger partial charge in [0.1, 0.15) is 22.3 Å². The fourth-order valence-corrected chi connectivity index (χ4v) is 5.44. The zero-order chi connectivity index (χ0) is 23.7. The zero-order valence-electron chi connectivity index (χ0n) is 19.0. The molecule has 1 unspecified atom stereocenters. The van der Waals surface area contributed by atoms with Crippen LogP contribution in [0.2, 0.25) is 0 Å². The van der Waals surface area contributed by atoms with Crippen molar-refractivity contribution in [3.05, 3.63) is 88.3 Å². The van der Waals surface area contributed by atoms with E-state index in [9.17, 15) is 9.59 Å². The SMILES string of the molecule is CC(=O)C1(c2ccccc2)CCN(C(=O)C(c2ccccc2)n2cnc3c(c2=S)CNN3)CC1. The molecule has 0 spiro atoms. The third kappa shape index (κ3) is 3.82. The average molecular weight is 474 g/mol. The molecular weight excluding hydrogens is 446 g/mol. The highest BCUT2D eigenvalue weighted by molar-refractivity contribution is 7.71. The number of likely N-dealkylation sites (tertiary alicyclic amines) is 1. The van der Waals surface area contributed by atoms with Crippen molar-refractivity contribution in [3.8, 4) is 0 Å². The number of benzene rings is 2. The van der Waals surface area contributed by atoms with Crippen LogP contribution < -0.4 is 10.9 Å². The molecule has 2 aliphatic heterocycles. The van der Waals surface area contributed by atoms with Crippen LogP contribution in [0.5, 0.6) is 0 Å². The Morgan fingerprint density at radius 3 is 2.32 bits per heavy atom. The molecule has 0 saturated carbocycles. The van der Waals surface area contributed by atoms with Gasteiger partial charge in [0.25, 0.3) is 0 Å². The summed E-state index contributed by atoms with van der Waals surface area (Å²) >= 11 is 5.78. The van der Waals surface area contributed by atoms with E-state index in [4.69, 9.17) is 12.2 Å². The smallest absolute Gasteiger partial charge is 0.250 e. The van der Waals surface area contributed by atoms with Gasteiger partial charge in [0.2, 0.25) is 5.91 Å². The molecule has 5 rings (SSSR count). The number of ketones is 1. The number of hydrazine groups is 1. The summed E-state index contributed by atoms with van der Waals surface area (Å²) in [6, 6.07) is 19.0. The predicted molar refractivity (Wildman–Crippen MR) is 133 cm³/mol. The first-order chi connectivity index (χ1) is 16.5. The number of anilines is 1. The highest BCUT2D eigenvalue weighted by Gasteiger charge is 2.42. The molecule has 2 N–H and O–H groups in total. The summed E-state index contributed by atoms with van der Waals surface area (Å²) < 4.78 is 2.38. The number of carbonyl (C=O) groups is 2. The van der Waals surface area contributed by atoms with Crippen LogP contribution >= 0.6 is 12.2 Å². The second-order valence-electron chi connectivity index (χ2n) is 8.91. The number of rotatable bonds is 5. The first-order valence-corrected chi connectivity index (χ1v) is 11.9. The van der Waals surface area contributed by atoms with Gasteiger partial charge >= 0.3 is 0 Å². The van der Waals surface area contributed by atoms with Crippen molar-refractivity contribution in [1.82, 2.24) is 19.9 Å². The summed E-state index contributed by atoms with van der Waals surface area (Å²) in [5, 5.41) is 0. The number of carbonyl (C=O) groups excluding carboxylic acids is 2. The van der Waals surface area contributed by atoms with Crippen LogP contribution in [0.15, 0.2) is 67.0 Å². The Labute approximate surface area is 203 Å². The maximum Gasteiger partial charge on any atom is 0.250 e. The quantitative estimate of drug-likeness (QED) is 0.549. The van der Waals surface area contributed by atoms with Gasteiger partial charge in [0.15, 0.2) is 0 Å². The van der Waals surface area contributed by atoms with Crippen LogP contribution in [0, 0.1) is 4.64 Å². The lowest BCUT2D eigenvalue weighted by atomic mass is 9.70.